The van der Waals surface area contributed by atoms with Crippen molar-refractivity contribution in [1.82, 2.24) is 5.32 Å². The predicted octanol–water partition coefficient (Wildman–Crippen LogP) is 1.50. The fourth-order valence-corrected chi connectivity index (χ4v) is 1.80. The molecule has 0 saturated carbocycles. The van der Waals surface area contributed by atoms with Gasteiger partial charge in [0.25, 0.3) is 0 Å². The average molecular weight is 215 g/mol. The van der Waals surface area contributed by atoms with Gasteiger partial charge in [0.2, 0.25) is 0 Å². The van der Waals surface area contributed by atoms with Crippen molar-refractivity contribution in [2.24, 2.45) is 0 Å². The van der Waals surface area contributed by atoms with Crippen LogP contribution in [0.1, 0.15) is 4.88 Å². The summed E-state index contributed by atoms with van der Waals surface area (Å²) in [5.74, 6) is 0. The van der Waals surface area contributed by atoms with Gasteiger partial charge in [-0.15, -0.1) is 11.3 Å². The molecule has 0 aliphatic carbocycles. The molecule has 1 aromatic heterocycles. The van der Waals surface area contributed by atoms with Crippen molar-refractivity contribution in [3.05, 3.63) is 22.4 Å². The first-order valence-electron chi connectivity index (χ1n) is 4.64. The molecule has 1 aromatic rings. The molecule has 1 unspecified atom stereocenters. The summed E-state index contributed by atoms with van der Waals surface area (Å²) in [5, 5.41) is 5.14. The first-order valence-corrected chi connectivity index (χ1v) is 5.52. The number of hydrogen-bond acceptors (Lipinski definition) is 4. The van der Waals surface area contributed by atoms with Gasteiger partial charge in [-0.05, 0) is 18.5 Å². The van der Waals surface area contributed by atoms with Crippen LogP contribution in [0.15, 0.2) is 17.5 Å². The third-order valence-corrected chi connectivity index (χ3v) is 2.68. The normalized spacial score (nSPS) is 13.0. The van der Waals surface area contributed by atoms with Crippen molar-refractivity contribution >= 4 is 11.3 Å². The Morgan fingerprint density at radius 3 is 3.00 bits per heavy atom. The molecule has 3 nitrogen and oxygen atoms in total. The Bertz CT molecular complexity index is 220. The summed E-state index contributed by atoms with van der Waals surface area (Å²) < 4.78 is 10.8. The van der Waals surface area contributed by atoms with E-state index in [1.165, 1.54) is 4.88 Å². The lowest BCUT2D eigenvalue weighted by atomic mass is 10.3. The van der Waals surface area contributed by atoms with Gasteiger partial charge >= 0.3 is 0 Å². The van der Waals surface area contributed by atoms with E-state index in [1.807, 2.05) is 13.1 Å². The van der Waals surface area contributed by atoms with E-state index >= 15 is 0 Å². The average Bonchev–Trinajstić information content (AvgIpc) is 2.67. The van der Waals surface area contributed by atoms with E-state index in [0.29, 0.717) is 13.2 Å². The van der Waals surface area contributed by atoms with Crippen LogP contribution < -0.4 is 5.32 Å². The number of hydrogen-bond donors (Lipinski definition) is 1. The summed E-state index contributed by atoms with van der Waals surface area (Å²) in [5.41, 5.74) is 0. The van der Waals surface area contributed by atoms with Crippen LogP contribution in [0.4, 0.5) is 0 Å². The number of thiophene rings is 1. The van der Waals surface area contributed by atoms with E-state index in [2.05, 4.69) is 16.8 Å². The summed E-state index contributed by atoms with van der Waals surface area (Å²) in [6.45, 7) is 2.12. The van der Waals surface area contributed by atoms with Crippen LogP contribution in [-0.4, -0.2) is 33.4 Å². The Hall–Kier alpha value is -0.420. The molecule has 80 valence electrons. The van der Waals surface area contributed by atoms with E-state index in [-0.39, 0.29) is 6.10 Å². The number of ether oxygens (including phenoxy) is 2. The van der Waals surface area contributed by atoms with Crippen molar-refractivity contribution in [3.8, 4) is 0 Å². The summed E-state index contributed by atoms with van der Waals surface area (Å²) in [6.07, 6.45) is 0.132. The van der Waals surface area contributed by atoms with Gasteiger partial charge in [0.15, 0.2) is 0 Å². The van der Waals surface area contributed by atoms with E-state index < -0.39 is 0 Å². The quantitative estimate of drug-likeness (QED) is 0.747. The Labute approximate surface area is 89.0 Å². The molecule has 0 fully saturated rings. The lowest BCUT2D eigenvalue weighted by Gasteiger charge is -2.15. The fourth-order valence-electron chi connectivity index (χ4n) is 1.17. The number of methoxy groups -OCH3 is 1. The Morgan fingerprint density at radius 2 is 2.43 bits per heavy atom. The van der Waals surface area contributed by atoms with Gasteiger partial charge in [0.1, 0.15) is 0 Å². The highest BCUT2D eigenvalue weighted by Gasteiger charge is 2.07. The SMILES string of the molecule is CNCC(COC)OCc1cccs1. The largest absolute Gasteiger partial charge is 0.382 e. The maximum Gasteiger partial charge on any atom is 0.0937 e. The smallest absolute Gasteiger partial charge is 0.0937 e. The second-order valence-electron chi connectivity index (χ2n) is 3.03. The van der Waals surface area contributed by atoms with Crippen molar-refractivity contribution in [1.29, 1.82) is 0 Å². The zero-order chi connectivity index (χ0) is 10.2. The zero-order valence-corrected chi connectivity index (χ0v) is 9.47. The van der Waals surface area contributed by atoms with Crippen molar-refractivity contribution < 1.29 is 9.47 Å². The maximum absolute atomic E-state index is 5.69. The summed E-state index contributed by atoms with van der Waals surface area (Å²) in [7, 11) is 3.61. The zero-order valence-electron chi connectivity index (χ0n) is 8.66. The second kappa shape index (κ2) is 6.95. The molecule has 14 heavy (non-hydrogen) atoms. The minimum absolute atomic E-state index is 0.132. The Kier molecular flexibility index (Phi) is 5.78. The molecule has 4 heteroatoms. The standard InChI is InChI=1S/C10H17NO2S/c1-11-6-9(7-12-2)13-8-10-4-3-5-14-10/h3-5,9,11H,6-8H2,1-2H3. The van der Waals surface area contributed by atoms with Crippen LogP contribution in [0.25, 0.3) is 0 Å². The topological polar surface area (TPSA) is 30.5 Å². The van der Waals surface area contributed by atoms with E-state index in [0.717, 1.165) is 6.54 Å². The fraction of sp³-hybridized carbons (Fsp3) is 0.600. The molecule has 1 heterocycles. The molecule has 0 saturated heterocycles. The van der Waals surface area contributed by atoms with Gasteiger partial charge in [0, 0.05) is 18.5 Å². The molecule has 0 amide bonds. The minimum atomic E-state index is 0.132. The van der Waals surface area contributed by atoms with Gasteiger partial charge in [-0.2, -0.15) is 0 Å². The maximum atomic E-state index is 5.69. The first kappa shape index (κ1) is 11.7. The van der Waals surface area contributed by atoms with Crippen molar-refractivity contribution in [2.75, 3.05) is 27.3 Å². The molecule has 1 rings (SSSR count). The molecule has 0 radical (unpaired) electrons. The van der Waals surface area contributed by atoms with Crippen LogP contribution in [0.2, 0.25) is 0 Å². The summed E-state index contributed by atoms with van der Waals surface area (Å²) in [6, 6.07) is 4.11. The lowest BCUT2D eigenvalue weighted by molar-refractivity contribution is -0.00818. The van der Waals surface area contributed by atoms with Gasteiger partial charge in [-0.1, -0.05) is 6.07 Å². The highest BCUT2D eigenvalue weighted by atomic mass is 32.1. The molecule has 0 bridgehead atoms. The molecule has 0 aliphatic heterocycles. The van der Waals surface area contributed by atoms with Crippen LogP contribution in [0.3, 0.4) is 0 Å². The molecule has 0 aliphatic rings. The molecule has 0 spiro atoms. The second-order valence-corrected chi connectivity index (χ2v) is 4.06. The summed E-state index contributed by atoms with van der Waals surface area (Å²) in [4.78, 5) is 1.25. The third kappa shape index (κ3) is 4.19. The highest BCUT2D eigenvalue weighted by molar-refractivity contribution is 7.09. The van der Waals surface area contributed by atoms with Crippen molar-refractivity contribution in [3.63, 3.8) is 0 Å². The third-order valence-electron chi connectivity index (χ3n) is 1.83. The highest BCUT2D eigenvalue weighted by Crippen LogP contribution is 2.10. The van der Waals surface area contributed by atoms with E-state index in [4.69, 9.17) is 9.47 Å². The monoisotopic (exact) mass is 215 g/mol. The molecule has 1 N–H and O–H groups in total. The first-order chi connectivity index (χ1) is 6.86. The van der Waals surface area contributed by atoms with Crippen LogP contribution in [-0.2, 0) is 16.1 Å². The van der Waals surface area contributed by atoms with Gasteiger partial charge < -0.3 is 14.8 Å². The van der Waals surface area contributed by atoms with Crippen LogP contribution >= 0.6 is 11.3 Å². The Balaban J connectivity index is 2.25. The molecular weight excluding hydrogens is 198 g/mol. The number of nitrogens with one attached hydrogen (secondary N) is 1. The van der Waals surface area contributed by atoms with Gasteiger partial charge in [-0.25, -0.2) is 0 Å². The molecular formula is C10H17NO2S. The van der Waals surface area contributed by atoms with E-state index in [1.54, 1.807) is 18.4 Å². The van der Waals surface area contributed by atoms with Crippen LogP contribution in [0, 0.1) is 0 Å². The number of rotatable bonds is 7. The predicted molar refractivity (Wildman–Crippen MR) is 58.7 cm³/mol. The molecule has 0 aromatic carbocycles. The minimum Gasteiger partial charge on any atom is -0.382 e. The molecule has 1 atom stereocenters. The van der Waals surface area contributed by atoms with Crippen LogP contribution in [0.5, 0.6) is 0 Å². The lowest BCUT2D eigenvalue weighted by Crippen LogP contribution is -2.30. The van der Waals surface area contributed by atoms with Gasteiger partial charge in [-0.3, -0.25) is 0 Å². The van der Waals surface area contributed by atoms with E-state index in [9.17, 15) is 0 Å². The summed E-state index contributed by atoms with van der Waals surface area (Å²) >= 11 is 1.71. The Morgan fingerprint density at radius 1 is 1.57 bits per heavy atom. The number of likely N-dealkylation sites (N-methyl/N-ethyl adjacent to an activating group) is 1. The van der Waals surface area contributed by atoms with Gasteiger partial charge in [0.05, 0.1) is 19.3 Å². The van der Waals surface area contributed by atoms with Crippen molar-refractivity contribution in [2.45, 2.75) is 12.7 Å².